The number of aromatic carboxylic acids is 1. The number of halogens is 1. The minimum atomic E-state index is -1.01. The SMILES string of the molecule is Cc1c(Nc2ccccc2C(=O)O)ccc(O)c1Cl. The molecule has 0 aliphatic rings. The van der Waals surface area contributed by atoms with E-state index in [0.717, 1.165) is 0 Å². The number of phenols is 1. The first kappa shape index (κ1) is 13.2. The van der Waals surface area contributed by atoms with Crippen LogP contribution in [0.4, 0.5) is 11.4 Å². The molecule has 2 rings (SSSR count). The highest BCUT2D eigenvalue weighted by Crippen LogP contribution is 2.33. The van der Waals surface area contributed by atoms with E-state index in [1.54, 1.807) is 31.2 Å². The molecule has 0 radical (unpaired) electrons. The Kier molecular flexibility index (Phi) is 3.62. The Morgan fingerprint density at radius 2 is 1.84 bits per heavy atom. The molecule has 0 fully saturated rings. The molecule has 2 aromatic rings. The van der Waals surface area contributed by atoms with Gasteiger partial charge in [0, 0.05) is 5.69 Å². The zero-order valence-corrected chi connectivity index (χ0v) is 10.9. The molecular weight excluding hydrogens is 266 g/mol. The fourth-order valence-corrected chi connectivity index (χ4v) is 1.89. The van der Waals surface area contributed by atoms with E-state index in [1.807, 2.05) is 0 Å². The van der Waals surface area contributed by atoms with Gasteiger partial charge in [-0.25, -0.2) is 4.79 Å². The van der Waals surface area contributed by atoms with E-state index in [2.05, 4.69) is 5.32 Å². The molecule has 0 atom stereocenters. The maximum absolute atomic E-state index is 11.1. The first-order valence-electron chi connectivity index (χ1n) is 5.58. The Hall–Kier alpha value is -2.20. The third-order valence-corrected chi connectivity index (χ3v) is 3.27. The molecule has 0 heterocycles. The van der Waals surface area contributed by atoms with E-state index in [1.165, 1.54) is 12.1 Å². The van der Waals surface area contributed by atoms with Crippen LogP contribution in [0.1, 0.15) is 15.9 Å². The number of carbonyl (C=O) groups is 1. The van der Waals surface area contributed by atoms with Gasteiger partial charge in [-0.2, -0.15) is 0 Å². The number of carboxylic acids is 1. The Morgan fingerprint density at radius 1 is 1.16 bits per heavy atom. The second kappa shape index (κ2) is 5.20. The molecule has 19 heavy (non-hydrogen) atoms. The number of hydrogen-bond acceptors (Lipinski definition) is 3. The summed E-state index contributed by atoms with van der Waals surface area (Å²) in [5, 5.41) is 21.8. The van der Waals surface area contributed by atoms with E-state index in [0.29, 0.717) is 16.9 Å². The minimum Gasteiger partial charge on any atom is -0.506 e. The van der Waals surface area contributed by atoms with Gasteiger partial charge in [-0.3, -0.25) is 0 Å². The summed E-state index contributed by atoms with van der Waals surface area (Å²) in [6.07, 6.45) is 0. The first-order chi connectivity index (χ1) is 9.00. The summed E-state index contributed by atoms with van der Waals surface area (Å²) in [5.41, 5.74) is 1.95. The van der Waals surface area contributed by atoms with Crippen molar-refractivity contribution in [1.82, 2.24) is 0 Å². The summed E-state index contributed by atoms with van der Waals surface area (Å²) in [7, 11) is 0. The van der Waals surface area contributed by atoms with Crippen molar-refractivity contribution in [1.29, 1.82) is 0 Å². The van der Waals surface area contributed by atoms with E-state index in [9.17, 15) is 9.90 Å². The largest absolute Gasteiger partial charge is 0.506 e. The molecule has 5 heteroatoms. The van der Waals surface area contributed by atoms with Crippen LogP contribution in [0, 0.1) is 6.92 Å². The van der Waals surface area contributed by atoms with E-state index in [4.69, 9.17) is 16.7 Å². The fourth-order valence-electron chi connectivity index (χ4n) is 1.73. The zero-order valence-electron chi connectivity index (χ0n) is 10.1. The van der Waals surface area contributed by atoms with E-state index in [-0.39, 0.29) is 16.3 Å². The van der Waals surface area contributed by atoms with Gasteiger partial charge in [0.1, 0.15) is 5.75 Å². The van der Waals surface area contributed by atoms with Crippen molar-refractivity contribution >= 4 is 28.9 Å². The number of phenolic OH excluding ortho intramolecular Hbond substituents is 1. The van der Waals surface area contributed by atoms with E-state index >= 15 is 0 Å². The molecule has 0 aliphatic carbocycles. The van der Waals surface area contributed by atoms with Gasteiger partial charge in [0.25, 0.3) is 0 Å². The number of carboxylic acid groups (broad SMARTS) is 1. The van der Waals surface area contributed by atoms with Gasteiger partial charge in [-0.1, -0.05) is 23.7 Å². The summed E-state index contributed by atoms with van der Waals surface area (Å²) in [6, 6.07) is 9.69. The van der Waals surface area contributed by atoms with Crippen molar-refractivity contribution < 1.29 is 15.0 Å². The maximum Gasteiger partial charge on any atom is 0.337 e. The van der Waals surface area contributed by atoms with Crippen LogP contribution in [-0.2, 0) is 0 Å². The molecule has 3 N–H and O–H groups in total. The van der Waals surface area contributed by atoms with Crippen molar-refractivity contribution in [2.24, 2.45) is 0 Å². The van der Waals surface area contributed by atoms with Gasteiger partial charge in [0.2, 0.25) is 0 Å². The predicted molar refractivity (Wildman–Crippen MR) is 74.5 cm³/mol. The number of aromatic hydroxyl groups is 1. The van der Waals surface area contributed by atoms with Crippen LogP contribution in [0.2, 0.25) is 5.02 Å². The Labute approximate surface area is 115 Å². The smallest absolute Gasteiger partial charge is 0.337 e. The third-order valence-electron chi connectivity index (χ3n) is 2.79. The standard InChI is InChI=1S/C14H12ClNO3/c1-8-10(6-7-12(17)13(8)15)16-11-5-3-2-4-9(11)14(18)19/h2-7,16-17H,1H3,(H,18,19). The van der Waals surface area contributed by atoms with Gasteiger partial charge in [0.05, 0.1) is 16.3 Å². The van der Waals surface area contributed by atoms with Gasteiger partial charge < -0.3 is 15.5 Å². The molecule has 98 valence electrons. The van der Waals surface area contributed by atoms with Crippen LogP contribution in [-0.4, -0.2) is 16.2 Å². The van der Waals surface area contributed by atoms with Crippen LogP contribution in [0.3, 0.4) is 0 Å². The van der Waals surface area contributed by atoms with Crippen LogP contribution >= 0.6 is 11.6 Å². The van der Waals surface area contributed by atoms with Crippen molar-refractivity contribution in [3.05, 3.63) is 52.5 Å². The Morgan fingerprint density at radius 3 is 2.53 bits per heavy atom. The average molecular weight is 278 g/mol. The Balaban J connectivity index is 2.42. The van der Waals surface area contributed by atoms with E-state index < -0.39 is 5.97 Å². The number of anilines is 2. The van der Waals surface area contributed by atoms with Crippen LogP contribution in [0.5, 0.6) is 5.75 Å². The van der Waals surface area contributed by atoms with Crippen molar-refractivity contribution in [3.8, 4) is 5.75 Å². The summed E-state index contributed by atoms with van der Waals surface area (Å²) in [6.45, 7) is 1.74. The maximum atomic E-state index is 11.1. The number of para-hydroxylation sites is 1. The summed E-state index contributed by atoms with van der Waals surface area (Å²) in [4.78, 5) is 11.1. The number of benzene rings is 2. The molecule has 4 nitrogen and oxygen atoms in total. The lowest BCUT2D eigenvalue weighted by molar-refractivity contribution is 0.0698. The number of hydrogen-bond donors (Lipinski definition) is 3. The molecule has 0 unspecified atom stereocenters. The second-order valence-electron chi connectivity index (χ2n) is 4.05. The van der Waals surface area contributed by atoms with Gasteiger partial charge >= 0.3 is 5.97 Å². The molecular formula is C14H12ClNO3. The van der Waals surface area contributed by atoms with Crippen LogP contribution < -0.4 is 5.32 Å². The molecule has 0 bridgehead atoms. The molecule has 2 aromatic carbocycles. The Bertz CT molecular complexity index is 641. The quantitative estimate of drug-likeness (QED) is 0.747. The number of rotatable bonds is 3. The van der Waals surface area contributed by atoms with Crippen LogP contribution in [0.25, 0.3) is 0 Å². The molecule has 0 aromatic heterocycles. The zero-order chi connectivity index (χ0) is 14.0. The van der Waals surface area contributed by atoms with Gasteiger partial charge in [-0.15, -0.1) is 0 Å². The molecule has 0 saturated carbocycles. The molecule has 0 spiro atoms. The van der Waals surface area contributed by atoms with Gasteiger partial charge in [0.15, 0.2) is 0 Å². The monoisotopic (exact) mass is 277 g/mol. The normalized spacial score (nSPS) is 10.2. The lowest BCUT2D eigenvalue weighted by Gasteiger charge is -2.13. The first-order valence-corrected chi connectivity index (χ1v) is 5.96. The van der Waals surface area contributed by atoms with Crippen molar-refractivity contribution in [2.75, 3.05) is 5.32 Å². The van der Waals surface area contributed by atoms with Gasteiger partial charge in [-0.05, 0) is 36.8 Å². The minimum absolute atomic E-state index is 0.00348. The summed E-state index contributed by atoms with van der Waals surface area (Å²) < 4.78 is 0. The lowest BCUT2D eigenvalue weighted by Crippen LogP contribution is -2.03. The second-order valence-corrected chi connectivity index (χ2v) is 4.42. The van der Waals surface area contributed by atoms with Crippen molar-refractivity contribution in [2.45, 2.75) is 6.92 Å². The third kappa shape index (κ3) is 2.63. The molecule has 0 amide bonds. The predicted octanol–water partition coefficient (Wildman–Crippen LogP) is 3.80. The van der Waals surface area contributed by atoms with Crippen molar-refractivity contribution in [3.63, 3.8) is 0 Å². The topological polar surface area (TPSA) is 69.6 Å². The number of nitrogens with one attached hydrogen (secondary N) is 1. The van der Waals surface area contributed by atoms with Crippen LogP contribution in [0.15, 0.2) is 36.4 Å². The average Bonchev–Trinajstić information content (AvgIpc) is 2.40. The highest BCUT2D eigenvalue weighted by Gasteiger charge is 2.12. The highest BCUT2D eigenvalue weighted by molar-refractivity contribution is 6.33. The summed E-state index contributed by atoms with van der Waals surface area (Å²) >= 11 is 5.95. The lowest BCUT2D eigenvalue weighted by atomic mass is 10.1. The highest BCUT2D eigenvalue weighted by atomic mass is 35.5. The fraction of sp³-hybridized carbons (Fsp3) is 0.0714. The molecule has 0 saturated heterocycles. The summed E-state index contributed by atoms with van der Waals surface area (Å²) in [5.74, 6) is -1.01. The molecule has 0 aliphatic heterocycles.